The van der Waals surface area contributed by atoms with Crippen molar-refractivity contribution in [2.24, 2.45) is 17.3 Å². The molecule has 0 aliphatic heterocycles. The van der Waals surface area contributed by atoms with Crippen molar-refractivity contribution in [1.82, 2.24) is 0 Å². The molecular formula is C10H19Y-. The molecular weight excluding hydrogens is 209 g/mol. The van der Waals surface area contributed by atoms with E-state index in [9.17, 15) is 0 Å². The van der Waals surface area contributed by atoms with Gasteiger partial charge in [-0.05, 0) is 11.3 Å². The molecule has 0 spiro atoms. The molecule has 0 nitrogen and oxygen atoms in total. The van der Waals surface area contributed by atoms with E-state index in [0.29, 0.717) is 5.41 Å². The second-order valence-corrected chi connectivity index (χ2v) is 4.63. The quantitative estimate of drug-likeness (QED) is 0.636. The van der Waals surface area contributed by atoms with E-state index in [2.05, 4.69) is 34.6 Å². The van der Waals surface area contributed by atoms with Crippen LogP contribution in [-0.2, 0) is 32.7 Å². The summed E-state index contributed by atoms with van der Waals surface area (Å²) in [6, 6.07) is 0. The van der Waals surface area contributed by atoms with Crippen LogP contribution in [0.25, 0.3) is 0 Å². The Hall–Kier alpha value is 1.10. The Morgan fingerprint density at radius 3 is 1.73 bits per heavy atom. The molecule has 2 unspecified atom stereocenters. The van der Waals surface area contributed by atoms with Gasteiger partial charge in [-0.25, -0.2) is 0 Å². The molecule has 1 fully saturated rings. The Kier molecular flexibility index (Phi) is 4.26. The summed E-state index contributed by atoms with van der Waals surface area (Å²) in [6.07, 6.45) is 1.34. The molecule has 1 rings (SSSR count). The fourth-order valence-corrected chi connectivity index (χ4v) is 1.90. The third-order valence-corrected chi connectivity index (χ3v) is 3.25. The molecule has 0 heterocycles. The van der Waals surface area contributed by atoms with Crippen LogP contribution in [0.4, 0.5) is 0 Å². The molecule has 0 amide bonds. The van der Waals surface area contributed by atoms with Crippen LogP contribution in [0.2, 0.25) is 0 Å². The van der Waals surface area contributed by atoms with Crippen molar-refractivity contribution in [3.05, 3.63) is 5.92 Å². The van der Waals surface area contributed by atoms with Crippen LogP contribution in [0, 0.1) is 23.2 Å². The molecule has 1 saturated carbocycles. The number of hydrogen-bond donors (Lipinski definition) is 0. The molecule has 1 aliphatic rings. The molecule has 0 aromatic rings. The van der Waals surface area contributed by atoms with Crippen LogP contribution < -0.4 is 0 Å². The fraction of sp³-hybridized carbons (Fsp3) is 0.900. The predicted molar refractivity (Wildman–Crippen MR) is 45.6 cm³/mol. The minimum atomic E-state index is 0. The molecule has 11 heavy (non-hydrogen) atoms. The maximum atomic E-state index is 2.38. The largest absolute Gasteiger partial charge is 0.319 e. The molecule has 1 heteroatoms. The molecule has 0 saturated heterocycles. The zero-order valence-corrected chi connectivity index (χ0v) is 11.3. The van der Waals surface area contributed by atoms with Gasteiger partial charge in [0.2, 0.25) is 0 Å². The summed E-state index contributed by atoms with van der Waals surface area (Å²) < 4.78 is 0. The third kappa shape index (κ3) is 2.52. The SMILES string of the molecule is C[C-](C)CC1C(C)C1(C)C.[Y]. The normalized spacial score (nSPS) is 33.3. The Morgan fingerprint density at radius 1 is 1.27 bits per heavy atom. The zero-order chi connectivity index (χ0) is 7.94. The summed E-state index contributed by atoms with van der Waals surface area (Å²) in [5, 5.41) is 0. The van der Waals surface area contributed by atoms with Crippen LogP contribution in [0.15, 0.2) is 0 Å². The molecule has 0 aromatic carbocycles. The van der Waals surface area contributed by atoms with E-state index >= 15 is 0 Å². The monoisotopic (exact) mass is 228 g/mol. The molecule has 0 N–H and O–H groups in total. The first-order valence-corrected chi connectivity index (χ1v) is 4.25. The van der Waals surface area contributed by atoms with Crippen LogP contribution in [0.3, 0.4) is 0 Å². The minimum absolute atomic E-state index is 0. The first-order chi connectivity index (χ1) is 4.46. The fourth-order valence-electron chi connectivity index (χ4n) is 1.90. The van der Waals surface area contributed by atoms with Gasteiger partial charge in [0.05, 0.1) is 0 Å². The molecule has 63 valence electrons. The smallest absolute Gasteiger partial charge is 0 e. The number of rotatable bonds is 2. The van der Waals surface area contributed by atoms with Gasteiger partial charge in [0, 0.05) is 32.7 Å². The van der Waals surface area contributed by atoms with Crippen molar-refractivity contribution in [2.45, 2.75) is 41.0 Å². The second kappa shape index (κ2) is 3.87. The topological polar surface area (TPSA) is 0 Å². The standard InChI is InChI=1S/C10H19.Y/c1-7(2)6-9-8(3)10(9,4)5;/h8-9H,6H2,1-5H3;/q-1;. The van der Waals surface area contributed by atoms with Gasteiger partial charge in [-0.15, -0.1) is 0 Å². The molecule has 0 aromatic heterocycles. The van der Waals surface area contributed by atoms with Gasteiger partial charge in [-0.1, -0.05) is 26.7 Å². The second-order valence-electron chi connectivity index (χ2n) is 4.63. The predicted octanol–water partition coefficient (Wildman–Crippen LogP) is 3.28. The summed E-state index contributed by atoms with van der Waals surface area (Å²) in [7, 11) is 0. The van der Waals surface area contributed by atoms with Gasteiger partial charge in [0.1, 0.15) is 0 Å². The molecule has 1 radical (unpaired) electrons. The van der Waals surface area contributed by atoms with E-state index in [-0.39, 0.29) is 32.7 Å². The van der Waals surface area contributed by atoms with E-state index in [0.717, 1.165) is 11.8 Å². The van der Waals surface area contributed by atoms with E-state index in [1.54, 1.807) is 5.92 Å². The summed E-state index contributed by atoms with van der Waals surface area (Å²) >= 11 is 0. The van der Waals surface area contributed by atoms with Crippen molar-refractivity contribution in [3.8, 4) is 0 Å². The third-order valence-electron chi connectivity index (χ3n) is 3.25. The maximum Gasteiger partial charge on any atom is 0 e. The Bertz CT molecular complexity index is 127. The molecule has 2 atom stereocenters. The van der Waals surface area contributed by atoms with E-state index in [1.807, 2.05) is 0 Å². The van der Waals surface area contributed by atoms with Gasteiger partial charge in [0.15, 0.2) is 0 Å². The Labute approximate surface area is 96.4 Å². The van der Waals surface area contributed by atoms with Crippen LogP contribution in [-0.4, -0.2) is 0 Å². The van der Waals surface area contributed by atoms with Gasteiger partial charge in [0.25, 0.3) is 0 Å². The van der Waals surface area contributed by atoms with Gasteiger partial charge >= 0.3 is 0 Å². The minimum Gasteiger partial charge on any atom is -0.319 e. The van der Waals surface area contributed by atoms with Crippen LogP contribution >= 0.6 is 0 Å². The van der Waals surface area contributed by atoms with Gasteiger partial charge in [-0.3, -0.25) is 0 Å². The first-order valence-electron chi connectivity index (χ1n) is 4.25. The Morgan fingerprint density at radius 2 is 1.64 bits per heavy atom. The Balaban J connectivity index is 0.000001000. The van der Waals surface area contributed by atoms with Gasteiger partial charge < -0.3 is 5.92 Å². The average molecular weight is 228 g/mol. The first kappa shape index (κ1) is 12.1. The van der Waals surface area contributed by atoms with Crippen molar-refractivity contribution in [1.29, 1.82) is 0 Å². The summed E-state index contributed by atoms with van der Waals surface area (Å²) in [6.45, 7) is 11.6. The average Bonchev–Trinajstić information content (AvgIpc) is 2.17. The van der Waals surface area contributed by atoms with E-state index in [1.165, 1.54) is 6.42 Å². The van der Waals surface area contributed by atoms with E-state index < -0.39 is 0 Å². The summed E-state index contributed by atoms with van der Waals surface area (Å²) in [4.78, 5) is 0. The molecule has 1 aliphatic carbocycles. The van der Waals surface area contributed by atoms with E-state index in [4.69, 9.17) is 0 Å². The van der Waals surface area contributed by atoms with Crippen molar-refractivity contribution >= 4 is 0 Å². The van der Waals surface area contributed by atoms with Gasteiger partial charge in [-0.2, -0.15) is 20.3 Å². The maximum absolute atomic E-state index is 2.38. The molecule has 0 bridgehead atoms. The van der Waals surface area contributed by atoms with Crippen molar-refractivity contribution in [3.63, 3.8) is 0 Å². The summed E-state index contributed by atoms with van der Waals surface area (Å²) in [5.74, 6) is 3.50. The van der Waals surface area contributed by atoms with Crippen LogP contribution in [0.1, 0.15) is 41.0 Å². The van der Waals surface area contributed by atoms with Crippen molar-refractivity contribution < 1.29 is 32.7 Å². The van der Waals surface area contributed by atoms with Crippen LogP contribution in [0.5, 0.6) is 0 Å². The number of hydrogen-bond acceptors (Lipinski definition) is 0. The zero-order valence-electron chi connectivity index (χ0n) is 8.44. The summed E-state index contributed by atoms with van der Waals surface area (Å²) in [5.41, 5.74) is 0.636. The van der Waals surface area contributed by atoms with Crippen molar-refractivity contribution in [2.75, 3.05) is 0 Å².